The lowest BCUT2D eigenvalue weighted by Crippen LogP contribution is -2.22. The second-order valence-corrected chi connectivity index (χ2v) is 2.66. The van der Waals surface area contributed by atoms with Crippen LogP contribution in [-0.4, -0.2) is 16.7 Å². The fourth-order valence-corrected chi connectivity index (χ4v) is 1.61. The van der Waals surface area contributed by atoms with Crippen LogP contribution in [0.4, 0.5) is 0 Å². The Kier molecular flexibility index (Phi) is 0.556. The number of rotatable bonds is 0. The summed E-state index contributed by atoms with van der Waals surface area (Å²) in [5.41, 5.74) is 2.50. The van der Waals surface area contributed by atoms with Gasteiger partial charge in [0.2, 0.25) is 0 Å². The van der Waals surface area contributed by atoms with Gasteiger partial charge in [-0.05, 0) is 12.2 Å². The Morgan fingerprint density at radius 1 is 1.30 bits per heavy atom. The van der Waals surface area contributed by atoms with Crippen LogP contribution in [0.15, 0.2) is 41.3 Å². The van der Waals surface area contributed by atoms with Gasteiger partial charge in [-0.25, -0.2) is 0 Å². The molecular weight excluding hydrogens is 124 g/mol. The molecule has 0 spiro atoms. The first-order valence-corrected chi connectivity index (χ1v) is 3.37. The molecule has 3 rings (SSSR count). The average Bonchev–Trinajstić information content (AvgIpc) is 2.56. The summed E-state index contributed by atoms with van der Waals surface area (Å²) in [5, 5.41) is 0. The van der Waals surface area contributed by atoms with E-state index < -0.39 is 0 Å². The van der Waals surface area contributed by atoms with Crippen LogP contribution in [0.25, 0.3) is 0 Å². The van der Waals surface area contributed by atoms with Gasteiger partial charge in [-0.3, -0.25) is 4.99 Å². The highest BCUT2D eigenvalue weighted by atomic mass is 15.2. The molecule has 1 unspecified atom stereocenters. The molecule has 3 aliphatic rings. The Morgan fingerprint density at radius 3 is 3.20 bits per heavy atom. The molecule has 0 aromatic rings. The first kappa shape index (κ1) is 4.50. The van der Waals surface area contributed by atoms with Crippen LogP contribution in [0.2, 0.25) is 0 Å². The van der Waals surface area contributed by atoms with Gasteiger partial charge in [0, 0.05) is 24.2 Å². The molecule has 0 bridgehead atoms. The third-order valence-electron chi connectivity index (χ3n) is 2.11. The normalized spacial score (nSPS) is 31.2. The van der Waals surface area contributed by atoms with Gasteiger partial charge < -0.3 is 4.90 Å². The maximum atomic E-state index is 4.26. The van der Waals surface area contributed by atoms with E-state index in [-0.39, 0.29) is 0 Å². The zero-order chi connectivity index (χ0) is 6.55. The summed E-state index contributed by atoms with van der Waals surface area (Å²) in [5.74, 6) is 0. The molecule has 0 aromatic heterocycles. The van der Waals surface area contributed by atoms with Crippen LogP contribution in [0, 0.1) is 0 Å². The largest absolute Gasteiger partial charge is 0.341 e. The zero-order valence-electron chi connectivity index (χ0n) is 5.36. The van der Waals surface area contributed by atoms with Gasteiger partial charge in [0.25, 0.3) is 0 Å². The van der Waals surface area contributed by atoms with Gasteiger partial charge in [-0.15, -0.1) is 0 Å². The highest BCUT2D eigenvalue weighted by Crippen LogP contribution is 2.30. The van der Waals surface area contributed by atoms with E-state index in [1.807, 2.05) is 6.20 Å². The molecular formula is C8H6N2. The molecule has 10 heavy (non-hydrogen) atoms. The van der Waals surface area contributed by atoms with Crippen molar-refractivity contribution in [1.29, 1.82) is 0 Å². The van der Waals surface area contributed by atoms with Crippen molar-refractivity contribution in [3.63, 3.8) is 0 Å². The molecule has 0 N–H and O–H groups in total. The summed E-state index contributed by atoms with van der Waals surface area (Å²) >= 11 is 0. The first-order chi connectivity index (χ1) is 4.95. The van der Waals surface area contributed by atoms with E-state index in [1.54, 1.807) is 0 Å². The Hall–Kier alpha value is -1.31. The molecule has 48 valence electrons. The van der Waals surface area contributed by atoms with E-state index in [4.69, 9.17) is 0 Å². The van der Waals surface area contributed by atoms with E-state index in [2.05, 4.69) is 34.4 Å². The van der Waals surface area contributed by atoms with Crippen molar-refractivity contribution in [2.24, 2.45) is 4.99 Å². The fraction of sp³-hybridized carbons (Fsp3) is 0.125. The Balaban J connectivity index is 2.26. The first-order valence-electron chi connectivity index (χ1n) is 3.37. The monoisotopic (exact) mass is 130 g/mol. The molecule has 0 saturated carbocycles. The quantitative estimate of drug-likeness (QED) is 0.478. The van der Waals surface area contributed by atoms with Crippen LogP contribution in [-0.2, 0) is 0 Å². The molecule has 3 aliphatic heterocycles. The van der Waals surface area contributed by atoms with Gasteiger partial charge in [0.05, 0.1) is 5.71 Å². The third-order valence-corrected chi connectivity index (χ3v) is 2.11. The smallest absolute Gasteiger partial charge is 0.102 e. The number of aliphatic imine (C=N–C) groups is 1. The SMILES string of the molecule is C1=CN2C=CC3=NC=C1C32. The minimum atomic E-state index is 0.444. The van der Waals surface area contributed by atoms with Gasteiger partial charge in [-0.1, -0.05) is 0 Å². The van der Waals surface area contributed by atoms with Crippen LogP contribution < -0.4 is 0 Å². The zero-order valence-corrected chi connectivity index (χ0v) is 5.36. The van der Waals surface area contributed by atoms with Gasteiger partial charge in [-0.2, -0.15) is 0 Å². The van der Waals surface area contributed by atoms with Crippen molar-refractivity contribution in [3.05, 3.63) is 36.3 Å². The summed E-state index contributed by atoms with van der Waals surface area (Å²) in [7, 11) is 0. The fourth-order valence-electron chi connectivity index (χ4n) is 1.61. The molecule has 0 radical (unpaired) electrons. The molecule has 0 amide bonds. The molecule has 2 heteroatoms. The number of hydrogen-bond acceptors (Lipinski definition) is 2. The average molecular weight is 130 g/mol. The minimum absolute atomic E-state index is 0.444. The summed E-state index contributed by atoms with van der Waals surface area (Å²) in [6.45, 7) is 0. The van der Waals surface area contributed by atoms with E-state index in [0.29, 0.717) is 6.04 Å². The molecule has 0 aliphatic carbocycles. The molecule has 0 saturated heterocycles. The summed E-state index contributed by atoms with van der Waals surface area (Å²) in [6.07, 6.45) is 10.3. The Labute approximate surface area is 58.9 Å². The predicted molar refractivity (Wildman–Crippen MR) is 39.4 cm³/mol. The van der Waals surface area contributed by atoms with Gasteiger partial charge in [0.15, 0.2) is 0 Å². The Morgan fingerprint density at radius 2 is 2.20 bits per heavy atom. The number of nitrogens with zero attached hydrogens (tertiary/aromatic N) is 2. The second kappa shape index (κ2) is 1.24. The predicted octanol–water partition coefficient (Wildman–Crippen LogP) is 1.05. The lowest BCUT2D eigenvalue weighted by Gasteiger charge is -2.12. The third kappa shape index (κ3) is 0.328. The molecule has 3 heterocycles. The molecule has 0 aromatic carbocycles. The minimum Gasteiger partial charge on any atom is -0.341 e. The van der Waals surface area contributed by atoms with Crippen molar-refractivity contribution in [2.45, 2.75) is 6.04 Å². The van der Waals surface area contributed by atoms with E-state index in [0.717, 1.165) is 0 Å². The van der Waals surface area contributed by atoms with Crippen LogP contribution in [0.3, 0.4) is 0 Å². The number of hydrogen-bond donors (Lipinski definition) is 0. The van der Waals surface area contributed by atoms with Crippen LogP contribution in [0.5, 0.6) is 0 Å². The van der Waals surface area contributed by atoms with E-state index in [9.17, 15) is 0 Å². The lowest BCUT2D eigenvalue weighted by molar-refractivity contribution is 0.541. The topological polar surface area (TPSA) is 15.6 Å². The van der Waals surface area contributed by atoms with Crippen molar-refractivity contribution >= 4 is 5.71 Å². The molecule has 1 atom stereocenters. The second-order valence-electron chi connectivity index (χ2n) is 2.66. The van der Waals surface area contributed by atoms with Crippen molar-refractivity contribution in [1.82, 2.24) is 4.90 Å². The van der Waals surface area contributed by atoms with E-state index >= 15 is 0 Å². The van der Waals surface area contributed by atoms with Gasteiger partial charge in [0.1, 0.15) is 6.04 Å². The van der Waals surface area contributed by atoms with Crippen molar-refractivity contribution < 1.29 is 0 Å². The van der Waals surface area contributed by atoms with E-state index in [1.165, 1.54) is 11.3 Å². The molecule has 2 nitrogen and oxygen atoms in total. The summed E-state index contributed by atoms with van der Waals surface area (Å²) < 4.78 is 0. The lowest BCUT2D eigenvalue weighted by atomic mass is 10.1. The van der Waals surface area contributed by atoms with Crippen LogP contribution in [0.1, 0.15) is 0 Å². The summed E-state index contributed by atoms with van der Waals surface area (Å²) in [6, 6.07) is 0.444. The van der Waals surface area contributed by atoms with Crippen molar-refractivity contribution in [3.8, 4) is 0 Å². The molecule has 0 fully saturated rings. The maximum Gasteiger partial charge on any atom is 0.102 e. The van der Waals surface area contributed by atoms with Gasteiger partial charge >= 0.3 is 0 Å². The maximum absolute atomic E-state index is 4.26. The summed E-state index contributed by atoms with van der Waals surface area (Å²) in [4.78, 5) is 6.43. The van der Waals surface area contributed by atoms with Crippen molar-refractivity contribution in [2.75, 3.05) is 0 Å². The standard InChI is InChI=1S/C8H6N2/c1-3-10-4-2-7-8(10)6(1)5-9-7/h1-5,8H. The Bertz CT molecular complexity index is 277. The highest BCUT2D eigenvalue weighted by Gasteiger charge is 2.32. The van der Waals surface area contributed by atoms with Crippen LogP contribution >= 0.6 is 0 Å². The highest BCUT2D eigenvalue weighted by molar-refractivity contribution is 6.06.